The molecule has 1 saturated carbocycles. The van der Waals surface area contributed by atoms with Gasteiger partial charge in [0, 0.05) is 43.6 Å². The number of hydrogen-bond donors (Lipinski definition) is 3. The number of carbonyl (C=O) groups excluding carboxylic acids is 1. The number of fused-ring (bicyclic) bond motifs is 1. The van der Waals surface area contributed by atoms with Crippen molar-refractivity contribution in [1.29, 1.82) is 5.41 Å². The maximum atomic E-state index is 13.1. The molecule has 2 aromatic carbocycles. The summed E-state index contributed by atoms with van der Waals surface area (Å²) in [5.74, 6) is 0.403. The average molecular weight is 490 g/mol. The summed E-state index contributed by atoms with van der Waals surface area (Å²) < 4.78 is 2.16. The molecule has 190 valence electrons. The monoisotopic (exact) mass is 489 g/mol. The number of carbonyl (C=O) groups is 2. The second-order valence-corrected chi connectivity index (χ2v) is 9.72. The van der Waals surface area contributed by atoms with Crippen LogP contribution in [-0.2, 0) is 22.6 Å². The Kier molecular flexibility index (Phi) is 8.03. The quantitative estimate of drug-likeness (QED) is 0.216. The van der Waals surface area contributed by atoms with Gasteiger partial charge in [-0.1, -0.05) is 43.5 Å². The van der Waals surface area contributed by atoms with E-state index in [1.54, 1.807) is 4.90 Å². The maximum Gasteiger partial charge on any atom is 0.303 e. The van der Waals surface area contributed by atoms with Crippen molar-refractivity contribution in [3.63, 3.8) is 0 Å². The van der Waals surface area contributed by atoms with Crippen LogP contribution in [0.5, 0.6) is 0 Å². The Morgan fingerprint density at radius 2 is 1.83 bits per heavy atom. The number of hydrogen-bond acceptors (Lipinski definition) is 4. The predicted molar refractivity (Wildman–Crippen MR) is 141 cm³/mol. The molecule has 36 heavy (non-hydrogen) atoms. The van der Waals surface area contributed by atoms with Crippen molar-refractivity contribution in [2.24, 2.45) is 11.7 Å². The smallest absolute Gasteiger partial charge is 0.303 e. The number of rotatable bonds is 10. The standard InChI is InChI=1S/C28H35N5O3/c1-32(28(36)21-7-3-2-4-8-21)22-14-15-24-23(18-22)31-25(33(24)16-6-5-9-26(34)35)17-19-10-12-20(13-11-19)27(29)30/h10-15,18,21H,2-9,16-17H2,1H3,(H3,29,30)(H,34,35). The number of aromatic nitrogens is 2. The zero-order valence-corrected chi connectivity index (χ0v) is 20.9. The lowest BCUT2D eigenvalue weighted by Crippen LogP contribution is -2.33. The molecule has 3 aromatic rings. The lowest BCUT2D eigenvalue weighted by atomic mass is 9.88. The number of aryl methyl sites for hydroxylation is 1. The van der Waals surface area contributed by atoms with Crippen molar-refractivity contribution in [3.8, 4) is 0 Å². The highest BCUT2D eigenvalue weighted by Gasteiger charge is 2.25. The summed E-state index contributed by atoms with van der Waals surface area (Å²) in [6.45, 7) is 0.667. The van der Waals surface area contributed by atoms with Gasteiger partial charge in [-0.3, -0.25) is 15.0 Å². The molecule has 0 bridgehead atoms. The first-order chi connectivity index (χ1) is 17.3. The van der Waals surface area contributed by atoms with Gasteiger partial charge in [0.2, 0.25) is 5.91 Å². The first-order valence-electron chi connectivity index (χ1n) is 12.8. The number of anilines is 1. The fourth-order valence-electron chi connectivity index (χ4n) is 5.04. The van der Waals surface area contributed by atoms with Crippen molar-refractivity contribution >= 4 is 34.4 Å². The number of unbranched alkanes of at least 4 members (excludes halogenated alkanes) is 1. The van der Waals surface area contributed by atoms with E-state index in [4.69, 9.17) is 21.2 Å². The Balaban J connectivity index is 1.61. The minimum Gasteiger partial charge on any atom is -0.481 e. The molecule has 1 aliphatic rings. The Bertz CT molecular complexity index is 1240. The first-order valence-corrected chi connectivity index (χ1v) is 12.8. The van der Waals surface area contributed by atoms with Gasteiger partial charge in [0.1, 0.15) is 11.7 Å². The molecule has 0 aliphatic heterocycles. The third-order valence-electron chi connectivity index (χ3n) is 7.13. The van der Waals surface area contributed by atoms with E-state index in [0.717, 1.165) is 60.2 Å². The van der Waals surface area contributed by atoms with Gasteiger partial charge < -0.3 is 20.3 Å². The molecule has 0 unspecified atom stereocenters. The summed E-state index contributed by atoms with van der Waals surface area (Å²) in [4.78, 5) is 30.7. The summed E-state index contributed by atoms with van der Waals surface area (Å²) in [6.07, 6.45) is 7.44. The molecule has 0 atom stereocenters. The van der Waals surface area contributed by atoms with Crippen LogP contribution in [0.25, 0.3) is 11.0 Å². The summed E-state index contributed by atoms with van der Waals surface area (Å²) in [5.41, 5.74) is 9.95. The number of amides is 1. The minimum absolute atomic E-state index is 0.0339. The molecule has 4 N–H and O–H groups in total. The number of nitrogen functional groups attached to an aromatic ring is 1. The van der Waals surface area contributed by atoms with Gasteiger partial charge in [-0.15, -0.1) is 0 Å². The number of nitrogens with two attached hydrogens (primary N) is 1. The highest BCUT2D eigenvalue weighted by atomic mass is 16.4. The summed E-state index contributed by atoms with van der Waals surface area (Å²) in [5, 5.41) is 16.6. The molecule has 4 rings (SSSR count). The molecular formula is C28H35N5O3. The number of benzene rings is 2. The largest absolute Gasteiger partial charge is 0.481 e. The van der Waals surface area contributed by atoms with Crippen molar-refractivity contribution < 1.29 is 14.7 Å². The lowest BCUT2D eigenvalue weighted by molar-refractivity contribution is -0.137. The highest BCUT2D eigenvalue weighted by molar-refractivity contribution is 5.96. The van der Waals surface area contributed by atoms with Crippen LogP contribution >= 0.6 is 0 Å². The van der Waals surface area contributed by atoms with Crippen LogP contribution in [0.4, 0.5) is 5.69 Å². The molecule has 1 aromatic heterocycles. The Morgan fingerprint density at radius 1 is 1.11 bits per heavy atom. The van der Waals surface area contributed by atoms with E-state index >= 15 is 0 Å². The fraction of sp³-hybridized carbons (Fsp3) is 0.429. The van der Waals surface area contributed by atoms with E-state index in [1.165, 1.54) is 6.42 Å². The van der Waals surface area contributed by atoms with Crippen LogP contribution in [0.15, 0.2) is 42.5 Å². The van der Waals surface area contributed by atoms with Crippen LogP contribution in [0.3, 0.4) is 0 Å². The maximum absolute atomic E-state index is 13.1. The molecule has 0 saturated heterocycles. The fourth-order valence-corrected chi connectivity index (χ4v) is 5.04. The molecule has 8 nitrogen and oxygen atoms in total. The Labute approximate surface area is 211 Å². The third kappa shape index (κ3) is 5.93. The molecule has 8 heteroatoms. The number of imidazole rings is 1. The van der Waals surface area contributed by atoms with E-state index in [9.17, 15) is 9.59 Å². The van der Waals surface area contributed by atoms with Crippen molar-refractivity contribution in [2.45, 2.75) is 64.3 Å². The van der Waals surface area contributed by atoms with E-state index in [1.807, 2.05) is 49.5 Å². The van der Waals surface area contributed by atoms with Gasteiger partial charge in [0.05, 0.1) is 11.0 Å². The molecular weight excluding hydrogens is 454 g/mol. The number of aliphatic carboxylic acids is 1. The van der Waals surface area contributed by atoms with E-state index in [0.29, 0.717) is 24.9 Å². The number of amidine groups is 1. The zero-order valence-electron chi connectivity index (χ0n) is 20.9. The normalized spacial score (nSPS) is 14.1. The van der Waals surface area contributed by atoms with Gasteiger partial charge in [-0.25, -0.2) is 4.98 Å². The first kappa shape index (κ1) is 25.4. The van der Waals surface area contributed by atoms with Gasteiger partial charge in [0.25, 0.3) is 0 Å². The minimum atomic E-state index is -0.786. The third-order valence-corrected chi connectivity index (χ3v) is 7.13. The van der Waals surface area contributed by atoms with Crippen molar-refractivity contribution in [1.82, 2.24) is 9.55 Å². The van der Waals surface area contributed by atoms with Gasteiger partial charge >= 0.3 is 5.97 Å². The highest BCUT2D eigenvalue weighted by Crippen LogP contribution is 2.29. The number of nitrogens with one attached hydrogen (secondary N) is 1. The van der Waals surface area contributed by atoms with Gasteiger partial charge in [-0.05, 0) is 49.4 Å². The van der Waals surface area contributed by atoms with Crippen molar-refractivity contribution in [2.75, 3.05) is 11.9 Å². The van der Waals surface area contributed by atoms with Crippen LogP contribution in [0.1, 0.15) is 68.3 Å². The molecule has 1 heterocycles. The number of carboxylic acids is 1. The van der Waals surface area contributed by atoms with Crippen LogP contribution < -0.4 is 10.6 Å². The molecule has 1 amide bonds. The van der Waals surface area contributed by atoms with E-state index in [-0.39, 0.29) is 24.1 Å². The molecule has 0 spiro atoms. The number of carboxylic acid groups (broad SMARTS) is 1. The summed E-state index contributed by atoms with van der Waals surface area (Å²) >= 11 is 0. The van der Waals surface area contributed by atoms with Gasteiger partial charge in [0.15, 0.2) is 0 Å². The van der Waals surface area contributed by atoms with Gasteiger partial charge in [-0.2, -0.15) is 0 Å². The SMILES string of the molecule is CN(C(=O)C1CCCCC1)c1ccc2c(c1)nc(Cc1ccc(C(=N)N)cc1)n2CCCCC(=O)O. The van der Waals surface area contributed by atoms with E-state index < -0.39 is 5.97 Å². The van der Waals surface area contributed by atoms with Crippen LogP contribution in [0, 0.1) is 11.3 Å². The zero-order chi connectivity index (χ0) is 25.7. The second-order valence-electron chi connectivity index (χ2n) is 9.72. The van der Waals surface area contributed by atoms with Crippen molar-refractivity contribution in [3.05, 3.63) is 59.4 Å². The molecule has 0 radical (unpaired) electrons. The average Bonchev–Trinajstić information content (AvgIpc) is 3.22. The second kappa shape index (κ2) is 11.4. The predicted octanol–water partition coefficient (Wildman–Crippen LogP) is 4.71. The Morgan fingerprint density at radius 3 is 2.50 bits per heavy atom. The summed E-state index contributed by atoms with van der Waals surface area (Å²) in [6, 6.07) is 13.5. The van der Waals surface area contributed by atoms with E-state index in [2.05, 4.69) is 4.57 Å². The summed E-state index contributed by atoms with van der Waals surface area (Å²) in [7, 11) is 1.85. The Hall–Kier alpha value is -3.68. The lowest BCUT2D eigenvalue weighted by Gasteiger charge is -2.26. The topological polar surface area (TPSA) is 125 Å². The van der Waals surface area contributed by atoms with Crippen LogP contribution in [0.2, 0.25) is 0 Å². The molecule has 1 aliphatic carbocycles. The number of nitrogens with zero attached hydrogens (tertiary/aromatic N) is 3. The van der Waals surface area contributed by atoms with Crippen LogP contribution in [-0.4, -0.2) is 39.4 Å². The molecule has 1 fully saturated rings.